The first-order valence-corrected chi connectivity index (χ1v) is 9.56. The van der Waals surface area contributed by atoms with Gasteiger partial charge in [-0.25, -0.2) is 0 Å². The fourth-order valence-electron chi connectivity index (χ4n) is 2.88. The predicted molar refractivity (Wildman–Crippen MR) is 110 cm³/mol. The zero-order valence-corrected chi connectivity index (χ0v) is 17.0. The number of carbonyl (C=O) groups is 2. The van der Waals surface area contributed by atoms with Crippen molar-refractivity contribution in [3.05, 3.63) is 68.3 Å². The van der Waals surface area contributed by atoms with Crippen LogP contribution in [0.15, 0.2) is 42.1 Å². The van der Waals surface area contributed by atoms with Crippen LogP contribution in [0, 0.1) is 6.92 Å². The fraction of sp³-hybridized carbons (Fsp3) is 0.200. The number of hydrogen-bond acceptors (Lipinski definition) is 3. The molecule has 27 heavy (non-hydrogen) atoms. The van der Waals surface area contributed by atoms with E-state index in [-0.39, 0.29) is 23.1 Å². The van der Waals surface area contributed by atoms with Crippen molar-refractivity contribution in [1.82, 2.24) is 4.90 Å². The van der Waals surface area contributed by atoms with Crippen molar-refractivity contribution in [2.75, 3.05) is 11.9 Å². The van der Waals surface area contributed by atoms with Gasteiger partial charge in [-0.05, 0) is 43.2 Å². The minimum absolute atomic E-state index is 0.178. The van der Waals surface area contributed by atoms with Crippen molar-refractivity contribution in [2.24, 2.45) is 0 Å². The lowest BCUT2D eigenvalue weighted by molar-refractivity contribution is -0.136. The number of carbonyl (C=O) groups excluding carboxylic acids is 2. The molecule has 2 amide bonds. The Labute approximate surface area is 172 Å². The standard InChI is InChI=1S/C20H17Cl3N2O2/c1-3-8-25-19(26)17(14-7-5-12(21)9-16(14)23)18(20(25)27)24-13-6-4-11(2)15(22)10-13/h4-7,9-10,24H,3,8H2,1-2H3. The Morgan fingerprint density at radius 1 is 0.963 bits per heavy atom. The summed E-state index contributed by atoms with van der Waals surface area (Å²) in [6, 6.07) is 10.2. The first-order valence-electron chi connectivity index (χ1n) is 8.42. The molecule has 0 saturated carbocycles. The third kappa shape index (κ3) is 3.84. The van der Waals surface area contributed by atoms with Crippen LogP contribution in [0.5, 0.6) is 0 Å². The van der Waals surface area contributed by atoms with Gasteiger partial charge in [0.15, 0.2) is 0 Å². The molecule has 0 bridgehead atoms. The maximum Gasteiger partial charge on any atom is 0.278 e. The van der Waals surface area contributed by atoms with Gasteiger partial charge in [-0.3, -0.25) is 14.5 Å². The molecule has 0 radical (unpaired) electrons. The molecule has 0 spiro atoms. The maximum atomic E-state index is 13.0. The number of rotatable bonds is 5. The summed E-state index contributed by atoms with van der Waals surface area (Å²) in [6.45, 7) is 4.12. The summed E-state index contributed by atoms with van der Waals surface area (Å²) in [5, 5.41) is 4.38. The smallest absolute Gasteiger partial charge is 0.278 e. The van der Waals surface area contributed by atoms with Crippen LogP contribution in [0.4, 0.5) is 5.69 Å². The minimum atomic E-state index is -0.389. The molecule has 0 aromatic heterocycles. The third-order valence-electron chi connectivity index (χ3n) is 4.26. The summed E-state index contributed by atoms with van der Waals surface area (Å²) in [5.41, 5.74) is 2.39. The molecule has 2 aromatic carbocycles. The Morgan fingerprint density at radius 3 is 2.33 bits per heavy atom. The Hall–Kier alpha value is -2.01. The number of amides is 2. The molecule has 0 atom stereocenters. The molecule has 140 valence electrons. The summed E-state index contributed by atoms with van der Waals surface area (Å²) in [7, 11) is 0. The molecule has 3 rings (SSSR count). The third-order valence-corrected chi connectivity index (χ3v) is 5.21. The van der Waals surface area contributed by atoms with E-state index in [0.29, 0.717) is 39.3 Å². The van der Waals surface area contributed by atoms with Crippen molar-refractivity contribution in [3.8, 4) is 0 Å². The number of anilines is 1. The van der Waals surface area contributed by atoms with Gasteiger partial charge in [0.05, 0.1) is 10.6 Å². The average Bonchev–Trinajstić information content (AvgIpc) is 2.83. The molecule has 0 aliphatic carbocycles. The van der Waals surface area contributed by atoms with E-state index < -0.39 is 0 Å². The second-order valence-corrected chi connectivity index (χ2v) is 7.48. The van der Waals surface area contributed by atoms with Crippen LogP contribution in [-0.4, -0.2) is 23.3 Å². The SMILES string of the molecule is CCCN1C(=O)C(Nc2ccc(C)c(Cl)c2)=C(c2ccc(Cl)cc2Cl)C1=O. The van der Waals surface area contributed by atoms with Gasteiger partial charge in [0, 0.05) is 27.8 Å². The molecule has 2 aromatic rings. The lowest BCUT2D eigenvalue weighted by atomic mass is 10.0. The Morgan fingerprint density at radius 2 is 1.70 bits per heavy atom. The van der Waals surface area contributed by atoms with Gasteiger partial charge < -0.3 is 5.32 Å². The van der Waals surface area contributed by atoms with Crippen molar-refractivity contribution < 1.29 is 9.59 Å². The highest BCUT2D eigenvalue weighted by Gasteiger charge is 2.39. The predicted octanol–water partition coefficient (Wildman–Crippen LogP) is 5.56. The van der Waals surface area contributed by atoms with Crippen molar-refractivity contribution in [2.45, 2.75) is 20.3 Å². The first kappa shape index (κ1) is 19.7. The van der Waals surface area contributed by atoms with Gasteiger partial charge in [0.1, 0.15) is 5.70 Å². The van der Waals surface area contributed by atoms with E-state index in [9.17, 15) is 9.59 Å². The molecule has 1 heterocycles. The summed E-state index contributed by atoms with van der Waals surface area (Å²) in [4.78, 5) is 27.1. The summed E-state index contributed by atoms with van der Waals surface area (Å²) < 4.78 is 0. The van der Waals surface area contributed by atoms with Crippen molar-refractivity contribution in [1.29, 1.82) is 0 Å². The molecule has 4 nitrogen and oxygen atoms in total. The average molecular weight is 424 g/mol. The topological polar surface area (TPSA) is 49.4 Å². The van der Waals surface area contributed by atoms with E-state index in [0.717, 1.165) is 5.56 Å². The Bertz CT molecular complexity index is 970. The van der Waals surface area contributed by atoms with Gasteiger partial charge in [0.25, 0.3) is 11.8 Å². The number of benzene rings is 2. The number of nitrogens with zero attached hydrogens (tertiary/aromatic N) is 1. The van der Waals surface area contributed by atoms with Crippen LogP contribution in [0.3, 0.4) is 0 Å². The molecule has 1 aliphatic rings. The zero-order valence-electron chi connectivity index (χ0n) is 14.8. The van der Waals surface area contributed by atoms with E-state index in [1.165, 1.54) is 4.90 Å². The molecule has 0 fully saturated rings. The van der Waals surface area contributed by atoms with Gasteiger partial charge in [-0.15, -0.1) is 0 Å². The van der Waals surface area contributed by atoms with Crippen LogP contribution in [-0.2, 0) is 9.59 Å². The van der Waals surface area contributed by atoms with Gasteiger partial charge >= 0.3 is 0 Å². The van der Waals surface area contributed by atoms with E-state index in [2.05, 4.69) is 5.32 Å². The zero-order chi connectivity index (χ0) is 19.7. The highest BCUT2D eigenvalue weighted by Crippen LogP contribution is 2.35. The number of aryl methyl sites for hydroxylation is 1. The first-order chi connectivity index (χ1) is 12.8. The van der Waals surface area contributed by atoms with Crippen LogP contribution in [0.25, 0.3) is 5.57 Å². The van der Waals surface area contributed by atoms with Crippen LogP contribution < -0.4 is 5.32 Å². The van der Waals surface area contributed by atoms with E-state index >= 15 is 0 Å². The molecule has 7 heteroatoms. The quantitative estimate of drug-likeness (QED) is 0.641. The fourth-order valence-corrected chi connectivity index (χ4v) is 3.56. The van der Waals surface area contributed by atoms with Crippen LogP contribution >= 0.6 is 34.8 Å². The van der Waals surface area contributed by atoms with E-state index in [1.807, 2.05) is 19.9 Å². The minimum Gasteiger partial charge on any atom is -0.350 e. The Kier molecular flexibility index (Phi) is 5.80. The van der Waals surface area contributed by atoms with Crippen molar-refractivity contribution >= 4 is 57.9 Å². The molecular weight excluding hydrogens is 407 g/mol. The highest BCUT2D eigenvalue weighted by atomic mass is 35.5. The molecule has 0 saturated heterocycles. The van der Waals surface area contributed by atoms with E-state index in [4.69, 9.17) is 34.8 Å². The molecule has 1 N–H and O–H groups in total. The number of imide groups is 1. The van der Waals surface area contributed by atoms with Crippen molar-refractivity contribution in [3.63, 3.8) is 0 Å². The maximum absolute atomic E-state index is 13.0. The molecule has 1 aliphatic heterocycles. The summed E-state index contributed by atoms with van der Waals surface area (Å²) in [6.07, 6.45) is 0.656. The van der Waals surface area contributed by atoms with Gasteiger partial charge in [0.2, 0.25) is 0 Å². The van der Waals surface area contributed by atoms with Crippen LogP contribution in [0.2, 0.25) is 15.1 Å². The normalized spacial score (nSPS) is 14.3. The summed E-state index contributed by atoms with van der Waals surface area (Å²) in [5.74, 6) is -0.772. The Balaban J connectivity index is 2.12. The lowest BCUT2D eigenvalue weighted by Gasteiger charge is -2.14. The number of hydrogen-bond donors (Lipinski definition) is 1. The van der Waals surface area contributed by atoms with Crippen LogP contribution in [0.1, 0.15) is 24.5 Å². The highest BCUT2D eigenvalue weighted by molar-refractivity contribution is 6.41. The monoisotopic (exact) mass is 422 g/mol. The van der Waals surface area contributed by atoms with Gasteiger partial charge in [-0.2, -0.15) is 0 Å². The second-order valence-electron chi connectivity index (χ2n) is 6.23. The summed E-state index contributed by atoms with van der Waals surface area (Å²) >= 11 is 18.5. The second kappa shape index (κ2) is 7.93. The largest absolute Gasteiger partial charge is 0.350 e. The van der Waals surface area contributed by atoms with E-state index in [1.54, 1.807) is 30.3 Å². The number of nitrogens with one attached hydrogen (secondary N) is 1. The molecular formula is C20H17Cl3N2O2. The molecule has 0 unspecified atom stereocenters. The number of halogens is 3. The lowest BCUT2D eigenvalue weighted by Crippen LogP contribution is -2.33. The van der Waals surface area contributed by atoms with Gasteiger partial charge in [-0.1, -0.05) is 53.9 Å².